The second kappa shape index (κ2) is 8.37. The molecule has 0 saturated heterocycles. The summed E-state index contributed by atoms with van der Waals surface area (Å²) in [5.41, 5.74) is 0.424. The lowest BCUT2D eigenvalue weighted by Crippen LogP contribution is -2.21. The molecular formula is C18H17F3N2O3. The Balaban J connectivity index is 1.88. The fourth-order valence-corrected chi connectivity index (χ4v) is 2.09. The topological polar surface area (TPSA) is 67.4 Å². The van der Waals surface area contributed by atoms with Gasteiger partial charge in [-0.3, -0.25) is 9.59 Å². The summed E-state index contributed by atoms with van der Waals surface area (Å²) in [5, 5.41) is 5.07. The van der Waals surface area contributed by atoms with Crippen LogP contribution in [-0.4, -0.2) is 25.5 Å². The first-order valence-electron chi connectivity index (χ1n) is 7.67. The molecule has 5 nitrogen and oxygen atoms in total. The van der Waals surface area contributed by atoms with E-state index in [-0.39, 0.29) is 18.1 Å². The highest BCUT2D eigenvalue weighted by molar-refractivity contribution is 5.92. The molecule has 2 amide bonds. The number of alkyl halides is 3. The Labute approximate surface area is 148 Å². The Morgan fingerprint density at radius 3 is 2.35 bits per heavy atom. The van der Waals surface area contributed by atoms with Gasteiger partial charge >= 0.3 is 6.18 Å². The number of ether oxygens (including phenoxy) is 1. The highest BCUT2D eigenvalue weighted by Crippen LogP contribution is 2.31. The number of hydrogen-bond acceptors (Lipinski definition) is 3. The van der Waals surface area contributed by atoms with Gasteiger partial charge in [0.25, 0.3) is 5.91 Å². The quantitative estimate of drug-likeness (QED) is 0.826. The average molecular weight is 366 g/mol. The molecule has 138 valence electrons. The first-order valence-corrected chi connectivity index (χ1v) is 7.67. The number of rotatable bonds is 6. The molecule has 0 atom stereocenters. The number of halogens is 3. The second-order valence-corrected chi connectivity index (χ2v) is 5.41. The van der Waals surface area contributed by atoms with Gasteiger partial charge < -0.3 is 15.4 Å². The Morgan fingerprint density at radius 1 is 1.04 bits per heavy atom. The van der Waals surface area contributed by atoms with Gasteiger partial charge in [0.05, 0.1) is 12.0 Å². The van der Waals surface area contributed by atoms with Crippen molar-refractivity contribution in [3.63, 3.8) is 0 Å². The number of likely N-dealkylation sites (N-methyl/N-ethyl adjacent to an activating group) is 1. The van der Waals surface area contributed by atoms with Crippen LogP contribution < -0.4 is 15.4 Å². The van der Waals surface area contributed by atoms with Crippen LogP contribution >= 0.6 is 0 Å². The van der Waals surface area contributed by atoms with Crippen LogP contribution in [0, 0.1) is 0 Å². The van der Waals surface area contributed by atoms with Crippen LogP contribution in [0.5, 0.6) is 5.75 Å². The lowest BCUT2D eigenvalue weighted by atomic mass is 10.1. The van der Waals surface area contributed by atoms with Gasteiger partial charge in [-0.1, -0.05) is 18.2 Å². The summed E-state index contributed by atoms with van der Waals surface area (Å²) in [7, 11) is 1.54. The van der Waals surface area contributed by atoms with E-state index in [1.165, 1.54) is 12.1 Å². The number of carbonyl (C=O) groups excluding carboxylic acids is 2. The Morgan fingerprint density at radius 2 is 1.73 bits per heavy atom. The molecule has 0 aromatic heterocycles. The molecule has 0 heterocycles. The van der Waals surface area contributed by atoms with Crippen LogP contribution in [0.4, 0.5) is 18.9 Å². The fraction of sp³-hybridized carbons (Fsp3) is 0.222. The zero-order valence-corrected chi connectivity index (χ0v) is 13.9. The SMILES string of the molecule is CNC(=O)Cc1ccc(NC(=O)COc2cccc(C(F)(F)F)c2)cc1. The van der Waals surface area contributed by atoms with E-state index in [4.69, 9.17) is 4.74 Å². The third-order valence-corrected chi connectivity index (χ3v) is 3.41. The van der Waals surface area contributed by atoms with Crippen LogP contribution in [0.1, 0.15) is 11.1 Å². The smallest absolute Gasteiger partial charge is 0.416 e. The van der Waals surface area contributed by atoms with Crippen molar-refractivity contribution in [1.29, 1.82) is 0 Å². The van der Waals surface area contributed by atoms with Crippen LogP contribution in [0.3, 0.4) is 0 Å². The standard InChI is InChI=1S/C18H17F3N2O3/c1-22-16(24)9-12-5-7-14(8-6-12)23-17(25)11-26-15-4-2-3-13(10-15)18(19,20)21/h2-8,10H,9,11H2,1H3,(H,22,24)(H,23,25). The second-order valence-electron chi connectivity index (χ2n) is 5.41. The molecule has 0 saturated carbocycles. The van der Waals surface area contributed by atoms with E-state index in [1.54, 1.807) is 31.3 Å². The van der Waals surface area contributed by atoms with Crippen molar-refractivity contribution in [2.75, 3.05) is 19.0 Å². The molecule has 8 heteroatoms. The number of nitrogens with one attached hydrogen (secondary N) is 2. The lowest BCUT2D eigenvalue weighted by molar-refractivity contribution is -0.137. The zero-order valence-electron chi connectivity index (χ0n) is 13.9. The minimum atomic E-state index is -4.47. The maximum atomic E-state index is 12.6. The van der Waals surface area contributed by atoms with Crippen molar-refractivity contribution in [2.24, 2.45) is 0 Å². The summed E-state index contributed by atoms with van der Waals surface area (Å²) in [4.78, 5) is 23.1. The van der Waals surface area contributed by atoms with Gasteiger partial charge in [-0.25, -0.2) is 0 Å². The van der Waals surface area contributed by atoms with Crippen LogP contribution in [0.15, 0.2) is 48.5 Å². The van der Waals surface area contributed by atoms with E-state index in [2.05, 4.69) is 10.6 Å². The molecule has 2 rings (SSSR count). The molecule has 0 aliphatic carbocycles. The fourth-order valence-electron chi connectivity index (χ4n) is 2.09. The Bertz CT molecular complexity index is 774. The minimum absolute atomic E-state index is 0.0455. The zero-order chi connectivity index (χ0) is 19.2. The van der Waals surface area contributed by atoms with E-state index in [0.717, 1.165) is 17.7 Å². The number of benzene rings is 2. The van der Waals surface area contributed by atoms with Crippen LogP contribution in [0.25, 0.3) is 0 Å². The predicted octanol–water partition coefficient (Wildman–Crippen LogP) is 3.01. The van der Waals surface area contributed by atoms with Gasteiger partial charge in [0, 0.05) is 12.7 Å². The minimum Gasteiger partial charge on any atom is -0.484 e. The molecule has 0 spiro atoms. The molecule has 0 bridgehead atoms. The Hall–Kier alpha value is -3.03. The summed E-state index contributed by atoms with van der Waals surface area (Å²) in [6, 6.07) is 10.9. The van der Waals surface area contributed by atoms with Crippen molar-refractivity contribution in [1.82, 2.24) is 5.32 Å². The van der Waals surface area contributed by atoms with Crippen molar-refractivity contribution < 1.29 is 27.5 Å². The van der Waals surface area contributed by atoms with E-state index in [1.807, 2.05) is 0 Å². The molecule has 2 aromatic rings. The van der Waals surface area contributed by atoms with Gasteiger partial charge in [-0.2, -0.15) is 13.2 Å². The molecule has 0 aliphatic heterocycles. The molecule has 0 unspecified atom stereocenters. The number of carbonyl (C=O) groups is 2. The maximum Gasteiger partial charge on any atom is 0.416 e. The van der Waals surface area contributed by atoms with Gasteiger partial charge in [-0.05, 0) is 35.9 Å². The number of hydrogen-bond donors (Lipinski definition) is 2. The molecule has 2 aromatic carbocycles. The van der Waals surface area contributed by atoms with Crippen molar-refractivity contribution in [2.45, 2.75) is 12.6 Å². The molecule has 2 N–H and O–H groups in total. The van der Waals surface area contributed by atoms with Gasteiger partial charge in [0.1, 0.15) is 5.75 Å². The lowest BCUT2D eigenvalue weighted by Gasteiger charge is -2.10. The van der Waals surface area contributed by atoms with Gasteiger partial charge in [0.2, 0.25) is 5.91 Å². The number of anilines is 1. The highest BCUT2D eigenvalue weighted by atomic mass is 19.4. The van der Waals surface area contributed by atoms with E-state index in [9.17, 15) is 22.8 Å². The summed E-state index contributed by atoms with van der Waals surface area (Å²) >= 11 is 0. The van der Waals surface area contributed by atoms with Crippen molar-refractivity contribution >= 4 is 17.5 Å². The summed E-state index contributed by atoms with van der Waals surface area (Å²) in [6.45, 7) is -0.429. The highest BCUT2D eigenvalue weighted by Gasteiger charge is 2.30. The normalized spacial score (nSPS) is 10.9. The van der Waals surface area contributed by atoms with E-state index >= 15 is 0 Å². The molecular weight excluding hydrogens is 349 g/mol. The largest absolute Gasteiger partial charge is 0.484 e. The van der Waals surface area contributed by atoms with Crippen LogP contribution in [0.2, 0.25) is 0 Å². The summed E-state index contributed by atoms with van der Waals surface area (Å²) < 4.78 is 43.0. The van der Waals surface area contributed by atoms with Crippen LogP contribution in [-0.2, 0) is 22.2 Å². The first kappa shape index (κ1) is 19.3. The van der Waals surface area contributed by atoms with E-state index < -0.39 is 24.3 Å². The van der Waals surface area contributed by atoms with Gasteiger partial charge in [-0.15, -0.1) is 0 Å². The summed E-state index contributed by atoms with van der Waals surface area (Å²) in [5.74, 6) is -0.686. The predicted molar refractivity (Wildman–Crippen MR) is 89.8 cm³/mol. The summed E-state index contributed by atoms with van der Waals surface area (Å²) in [6.07, 6.45) is -4.25. The monoisotopic (exact) mass is 366 g/mol. The molecule has 0 aliphatic rings. The third kappa shape index (κ3) is 5.80. The van der Waals surface area contributed by atoms with Crippen molar-refractivity contribution in [3.8, 4) is 5.75 Å². The average Bonchev–Trinajstić information content (AvgIpc) is 2.61. The number of amides is 2. The maximum absolute atomic E-state index is 12.6. The van der Waals surface area contributed by atoms with Gasteiger partial charge in [0.15, 0.2) is 6.61 Å². The Kier molecular flexibility index (Phi) is 6.21. The molecule has 0 fully saturated rings. The first-order chi connectivity index (χ1) is 12.3. The third-order valence-electron chi connectivity index (χ3n) is 3.41. The molecule has 0 radical (unpaired) electrons. The molecule has 26 heavy (non-hydrogen) atoms. The van der Waals surface area contributed by atoms with E-state index in [0.29, 0.717) is 5.69 Å². The van der Waals surface area contributed by atoms with Crippen molar-refractivity contribution in [3.05, 3.63) is 59.7 Å².